The van der Waals surface area contributed by atoms with E-state index in [1.807, 2.05) is 61.5 Å². The molecular formula is C45H24FN3S2. The minimum Gasteiger partial charge on any atom is -0.316 e. The van der Waals surface area contributed by atoms with Crippen LogP contribution in [0, 0.1) is 30.6 Å². The van der Waals surface area contributed by atoms with Crippen molar-refractivity contribution < 1.29 is 4.39 Å². The number of nitriles is 1. The normalized spacial score (nSPS) is 11.7. The molecule has 7 aromatic carbocycles. The van der Waals surface area contributed by atoms with Crippen molar-refractivity contribution in [3.05, 3.63) is 156 Å². The van der Waals surface area contributed by atoms with E-state index in [0.29, 0.717) is 22.4 Å². The lowest BCUT2D eigenvalue weighted by Crippen LogP contribution is -2.05. The van der Waals surface area contributed by atoms with Gasteiger partial charge in [0.2, 0.25) is 5.69 Å². The van der Waals surface area contributed by atoms with E-state index in [2.05, 4.69) is 88.3 Å². The predicted molar refractivity (Wildman–Crippen MR) is 213 cm³/mol. The zero-order valence-electron chi connectivity index (χ0n) is 27.2. The van der Waals surface area contributed by atoms with Crippen LogP contribution in [0.1, 0.15) is 11.1 Å². The molecular weight excluding hydrogens is 666 g/mol. The smallest absolute Gasteiger partial charge is 0.220 e. The summed E-state index contributed by atoms with van der Waals surface area (Å²) in [7, 11) is 0. The molecule has 10 rings (SSSR count). The maximum absolute atomic E-state index is 17.6. The van der Waals surface area contributed by atoms with Crippen molar-refractivity contribution in [2.24, 2.45) is 0 Å². The van der Waals surface area contributed by atoms with E-state index in [4.69, 9.17) is 6.57 Å². The quantitative estimate of drug-likeness (QED) is 0.170. The first kappa shape index (κ1) is 29.6. The monoisotopic (exact) mass is 689 g/mol. The van der Waals surface area contributed by atoms with Crippen molar-refractivity contribution in [1.82, 2.24) is 4.57 Å². The molecule has 0 fully saturated rings. The van der Waals surface area contributed by atoms with Gasteiger partial charge >= 0.3 is 0 Å². The van der Waals surface area contributed by atoms with E-state index in [1.54, 1.807) is 22.7 Å². The molecule has 0 saturated heterocycles. The van der Waals surface area contributed by atoms with Crippen molar-refractivity contribution in [2.45, 2.75) is 6.92 Å². The fraction of sp³-hybridized carbons (Fsp3) is 0.0222. The number of halogens is 1. The molecule has 0 N–H and O–H groups in total. The van der Waals surface area contributed by atoms with Crippen molar-refractivity contribution in [1.29, 1.82) is 5.26 Å². The van der Waals surface area contributed by atoms with E-state index in [-0.39, 0.29) is 16.8 Å². The van der Waals surface area contributed by atoms with Crippen LogP contribution in [0.2, 0.25) is 0 Å². The van der Waals surface area contributed by atoms with Crippen molar-refractivity contribution in [3.8, 4) is 34.0 Å². The summed E-state index contributed by atoms with van der Waals surface area (Å²) < 4.78 is 24.2. The SMILES string of the molecule is [C-]#[N+]c1c(-c2ccccc2C)c(C#N)c(F)c(-c2ccccc2)c1-n1c2c(ccc3c4ccccc4sc32)c2ccc3c4ccccc4sc3c21. The average Bonchev–Trinajstić information content (AvgIpc) is 3.84. The molecule has 0 atom stereocenters. The molecule has 0 radical (unpaired) electrons. The predicted octanol–water partition coefficient (Wildman–Crippen LogP) is 13.7. The summed E-state index contributed by atoms with van der Waals surface area (Å²) in [5.41, 5.74) is 5.10. The second-order valence-corrected chi connectivity index (χ2v) is 14.9. The molecule has 3 heterocycles. The summed E-state index contributed by atoms with van der Waals surface area (Å²) in [6.07, 6.45) is 0. The molecule has 0 spiro atoms. The molecule has 0 aliphatic heterocycles. The summed E-state index contributed by atoms with van der Waals surface area (Å²) in [4.78, 5) is 4.26. The molecule has 51 heavy (non-hydrogen) atoms. The Hall–Kier alpha value is -6.31. The number of aromatic nitrogens is 1. The molecule has 10 aromatic rings. The zero-order valence-corrected chi connectivity index (χ0v) is 28.8. The van der Waals surface area contributed by atoms with Crippen molar-refractivity contribution in [3.63, 3.8) is 0 Å². The summed E-state index contributed by atoms with van der Waals surface area (Å²) >= 11 is 3.43. The maximum Gasteiger partial charge on any atom is 0.220 e. The fourth-order valence-corrected chi connectivity index (χ4v) is 10.4. The van der Waals surface area contributed by atoms with Gasteiger partial charge in [0.25, 0.3) is 0 Å². The summed E-state index contributed by atoms with van der Waals surface area (Å²) in [5.74, 6) is -0.633. The number of hydrogen-bond donors (Lipinski definition) is 0. The van der Waals surface area contributed by atoms with Crippen LogP contribution in [0.5, 0.6) is 0 Å². The minimum atomic E-state index is -0.633. The maximum atomic E-state index is 17.6. The van der Waals surface area contributed by atoms with E-state index >= 15 is 4.39 Å². The highest BCUT2D eigenvalue weighted by Gasteiger charge is 2.31. The molecule has 0 unspecified atom stereocenters. The van der Waals surface area contributed by atoms with Crippen LogP contribution >= 0.6 is 22.7 Å². The largest absolute Gasteiger partial charge is 0.316 e. The van der Waals surface area contributed by atoms with Crippen LogP contribution in [0.15, 0.2) is 127 Å². The Morgan fingerprint density at radius 1 is 0.627 bits per heavy atom. The van der Waals surface area contributed by atoms with E-state index in [1.165, 1.54) is 0 Å². The molecule has 3 aromatic heterocycles. The number of hydrogen-bond acceptors (Lipinski definition) is 3. The Balaban J connectivity index is 1.54. The van der Waals surface area contributed by atoms with Gasteiger partial charge in [0.15, 0.2) is 0 Å². The lowest BCUT2D eigenvalue weighted by atomic mass is 9.89. The lowest BCUT2D eigenvalue weighted by molar-refractivity contribution is 0.627. The van der Waals surface area contributed by atoms with Crippen molar-refractivity contribution >= 4 is 90.5 Å². The Morgan fingerprint density at radius 3 is 1.73 bits per heavy atom. The third kappa shape index (κ3) is 4.06. The van der Waals surface area contributed by atoms with E-state index in [9.17, 15) is 5.26 Å². The number of aryl methyl sites for hydroxylation is 1. The van der Waals surface area contributed by atoms with Gasteiger partial charge in [0.05, 0.1) is 38.3 Å². The van der Waals surface area contributed by atoms with E-state index < -0.39 is 5.82 Å². The molecule has 0 amide bonds. The van der Waals surface area contributed by atoms with Gasteiger partial charge in [-0.25, -0.2) is 9.24 Å². The van der Waals surface area contributed by atoms with Gasteiger partial charge in [-0.3, -0.25) is 0 Å². The number of benzene rings is 7. The van der Waals surface area contributed by atoms with Gasteiger partial charge in [-0.1, -0.05) is 115 Å². The Labute approximate surface area is 300 Å². The number of rotatable bonds is 3. The number of nitrogens with zero attached hydrogens (tertiary/aromatic N) is 3. The van der Waals surface area contributed by atoms with Gasteiger partial charge in [-0.15, -0.1) is 22.7 Å². The topological polar surface area (TPSA) is 33.1 Å². The van der Waals surface area contributed by atoms with E-state index in [0.717, 1.165) is 67.7 Å². The standard InChI is InChI=1S/C45H24FN3S2/c1-25-12-6-7-15-27(25)38-34(24-47)39(46)37(26-13-4-3-5-14-26)43(40(38)48-2)49-41-30(20-22-32-28-16-8-10-18-35(28)50-44(32)41)31-21-23-33-29-17-9-11-19-36(29)51-45(33)42(31)49/h3-23H,1H3. The first-order valence-corrected chi connectivity index (χ1v) is 18.2. The number of thiophene rings is 2. The van der Waals surface area contributed by atoms with Gasteiger partial charge in [-0.2, -0.15) is 5.26 Å². The molecule has 6 heteroatoms. The van der Waals surface area contributed by atoms with Crippen LogP contribution in [0.4, 0.5) is 10.1 Å². The summed E-state index contributed by atoms with van der Waals surface area (Å²) in [6, 6.07) is 44.7. The lowest BCUT2D eigenvalue weighted by Gasteiger charge is -2.22. The highest BCUT2D eigenvalue weighted by molar-refractivity contribution is 7.27. The second kappa shape index (κ2) is 11.1. The van der Waals surface area contributed by atoms with Crippen LogP contribution in [0.3, 0.4) is 0 Å². The first-order chi connectivity index (χ1) is 25.1. The zero-order chi connectivity index (χ0) is 34.4. The van der Waals surface area contributed by atoms with Crippen molar-refractivity contribution in [2.75, 3.05) is 0 Å². The van der Waals surface area contributed by atoms with Gasteiger partial charge in [-0.05, 0) is 35.7 Å². The molecule has 3 nitrogen and oxygen atoms in total. The molecule has 0 aliphatic rings. The fourth-order valence-electron chi connectivity index (χ4n) is 7.87. The van der Waals surface area contributed by atoms with Crippen LogP contribution < -0.4 is 0 Å². The first-order valence-electron chi connectivity index (χ1n) is 16.6. The molecule has 0 saturated carbocycles. The average molecular weight is 690 g/mol. The summed E-state index contributed by atoms with van der Waals surface area (Å²) in [6.45, 7) is 10.8. The highest BCUT2D eigenvalue weighted by atomic mass is 32.1. The third-order valence-corrected chi connectivity index (χ3v) is 12.5. The van der Waals surface area contributed by atoms with Gasteiger partial charge in [0, 0.05) is 52.8 Å². The van der Waals surface area contributed by atoms with Crippen LogP contribution in [0.25, 0.3) is 94.9 Å². The molecule has 0 aliphatic carbocycles. The van der Waals surface area contributed by atoms with Crippen LogP contribution in [-0.4, -0.2) is 4.57 Å². The Bertz CT molecular complexity index is 3060. The Morgan fingerprint density at radius 2 is 1.16 bits per heavy atom. The molecule has 0 bridgehead atoms. The van der Waals surface area contributed by atoms with Gasteiger partial charge < -0.3 is 4.57 Å². The second-order valence-electron chi connectivity index (χ2n) is 12.7. The van der Waals surface area contributed by atoms with Gasteiger partial charge in [0.1, 0.15) is 11.9 Å². The highest BCUT2D eigenvalue weighted by Crippen LogP contribution is 2.53. The van der Waals surface area contributed by atoms with Crippen LogP contribution in [-0.2, 0) is 0 Å². The minimum absolute atomic E-state index is 0.127. The molecule has 238 valence electrons. The third-order valence-electron chi connectivity index (χ3n) is 10.1. The number of fused-ring (bicyclic) bond motifs is 11. The summed E-state index contributed by atoms with van der Waals surface area (Å²) in [5, 5.41) is 17.2. The Kier molecular flexibility index (Phi) is 6.44.